The van der Waals surface area contributed by atoms with E-state index in [-0.39, 0.29) is 12.3 Å². The lowest BCUT2D eigenvalue weighted by molar-refractivity contribution is -0.126. The molecule has 0 aliphatic heterocycles. The number of amides is 2. The molecule has 0 atom stereocenters. The zero-order valence-corrected chi connectivity index (χ0v) is 14.4. The second-order valence-corrected chi connectivity index (χ2v) is 5.88. The number of halogens is 2. The Balaban J connectivity index is 1.81. The van der Waals surface area contributed by atoms with Crippen LogP contribution in [0.25, 0.3) is 0 Å². The largest absolute Gasteiger partial charge is 0.497 e. The minimum atomic E-state index is -0.444. The van der Waals surface area contributed by atoms with Crippen molar-refractivity contribution in [1.29, 1.82) is 0 Å². The standard InChI is InChI=1S/C17H16Cl2N2O3/c1-24-15-4-2-11(3-5-15)10-20-16(22)9-17(23)21-14-7-12(18)6-13(19)8-14/h2-8H,9-10H2,1H3,(H,20,22)(H,21,23). The van der Waals surface area contributed by atoms with Gasteiger partial charge in [-0.05, 0) is 35.9 Å². The van der Waals surface area contributed by atoms with Crippen LogP contribution in [0.2, 0.25) is 10.0 Å². The van der Waals surface area contributed by atoms with Crippen LogP contribution in [0, 0.1) is 0 Å². The van der Waals surface area contributed by atoms with Gasteiger partial charge in [0.25, 0.3) is 0 Å². The highest BCUT2D eigenvalue weighted by molar-refractivity contribution is 6.35. The van der Waals surface area contributed by atoms with Crippen LogP contribution in [0.15, 0.2) is 42.5 Å². The number of hydrogen-bond acceptors (Lipinski definition) is 3. The maximum absolute atomic E-state index is 11.9. The number of anilines is 1. The van der Waals surface area contributed by atoms with Gasteiger partial charge in [0.1, 0.15) is 12.2 Å². The van der Waals surface area contributed by atoms with Crippen molar-refractivity contribution in [2.75, 3.05) is 12.4 Å². The Bertz CT molecular complexity index is 713. The number of benzene rings is 2. The van der Waals surface area contributed by atoms with Crippen molar-refractivity contribution in [2.24, 2.45) is 0 Å². The Kier molecular flexibility index (Phi) is 6.46. The molecular formula is C17H16Cl2N2O3. The summed E-state index contributed by atoms with van der Waals surface area (Å²) in [7, 11) is 1.59. The monoisotopic (exact) mass is 366 g/mol. The quantitative estimate of drug-likeness (QED) is 0.766. The molecule has 2 rings (SSSR count). The van der Waals surface area contributed by atoms with Gasteiger partial charge in [-0.15, -0.1) is 0 Å². The normalized spacial score (nSPS) is 10.1. The van der Waals surface area contributed by atoms with Gasteiger partial charge in [-0.2, -0.15) is 0 Å². The van der Waals surface area contributed by atoms with Gasteiger partial charge in [-0.1, -0.05) is 35.3 Å². The van der Waals surface area contributed by atoms with E-state index < -0.39 is 5.91 Å². The highest BCUT2D eigenvalue weighted by atomic mass is 35.5. The molecule has 0 saturated heterocycles. The molecule has 0 fully saturated rings. The Morgan fingerprint density at radius 3 is 2.21 bits per heavy atom. The van der Waals surface area contributed by atoms with E-state index >= 15 is 0 Å². The van der Waals surface area contributed by atoms with Gasteiger partial charge in [0.2, 0.25) is 11.8 Å². The summed E-state index contributed by atoms with van der Waals surface area (Å²) in [4.78, 5) is 23.7. The highest BCUT2D eigenvalue weighted by Crippen LogP contribution is 2.22. The Morgan fingerprint density at radius 1 is 1.00 bits per heavy atom. The van der Waals surface area contributed by atoms with Crippen LogP contribution in [-0.2, 0) is 16.1 Å². The molecular weight excluding hydrogens is 351 g/mol. The van der Waals surface area contributed by atoms with Crippen molar-refractivity contribution in [2.45, 2.75) is 13.0 Å². The van der Waals surface area contributed by atoms with Crippen molar-refractivity contribution >= 4 is 40.7 Å². The molecule has 2 amide bonds. The van der Waals surface area contributed by atoms with Crippen molar-refractivity contribution in [3.05, 3.63) is 58.1 Å². The third-order valence-corrected chi connectivity index (χ3v) is 3.55. The molecule has 7 heteroatoms. The summed E-state index contributed by atoms with van der Waals surface area (Å²) >= 11 is 11.7. The molecule has 2 N–H and O–H groups in total. The van der Waals surface area contributed by atoms with Crippen LogP contribution in [0.5, 0.6) is 5.75 Å². The van der Waals surface area contributed by atoms with Crippen LogP contribution < -0.4 is 15.4 Å². The van der Waals surface area contributed by atoms with Gasteiger partial charge in [0, 0.05) is 22.3 Å². The second-order valence-electron chi connectivity index (χ2n) is 5.01. The van der Waals surface area contributed by atoms with Crippen LogP contribution in [-0.4, -0.2) is 18.9 Å². The average Bonchev–Trinajstić information content (AvgIpc) is 2.52. The Morgan fingerprint density at radius 2 is 1.62 bits per heavy atom. The van der Waals surface area contributed by atoms with Crippen LogP contribution in [0.1, 0.15) is 12.0 Å². The van der Waals surface area contributed by atoms with Gasteiger partial charge in [0.05, 0.1) is 7.11 Å². The summed E-state index contributed by atoms with van der Waals surface area (Å²) in [6.07, 6.45) is -0.291. The summed E-state index contributed by atoms with van der Waals surface area (Å²) < 4.78 is 5.06. The number of ether oxygens (including phenoxy) is 1. The van der Waals surface area contributed by atoms with Gasteiger partial charge in [0.15, 0.2) is 0 Å². The van der Waals surface area contributed by atoms with Crippen molar-refractivity contribution in [1.82, 2.24) is 5.32 Å². The van der Waals surface area contributed by atoms with E-state index in [0.29, 0.717) is 22.3 Å². The topological polar surface area (TPSA) is 67.4 Å². The maximum atomic E-state index is 11.9. The molecule has 0 aliphatic rings. The smallest absolute Gasteiger partial charge is 0.233 e. The zero-order chi connectivity index (χ0) is 17.5. The molecule has 126 valence electrons. The van der Waals surface area contributed by atoms with E-state index in [2.05, 4.69) is 10.6 Å². The molecule has 0 spiro atoms. The zero-order valence-electron chi connectivity index (χ0n) is 12.9. The average molecular weight is 367 g/mol. The molecule has 0 bridgehead atoms. The summed E-state index contributed by atoms with van der Waals surface area (Å²) in [6.45, 7) is 0.332. The molecule has 2 aromatic rings. The summed E-state index contributed by atoms with van der Waals surface area (Å²) in [5.74, 6) is -0.0818. The minimum absolute atomic E-state index is 0.291. The Hall–Kier alpha value is -2.24. The van der Waals surface area contributed by atoms with Gasteiger partial charge >= 0.3 is 0 Å². The van der Waals surface area contributed by atoms with E-state index in [4.69, 9.17) is 27.9 Å². The van der Waals surface area contributed by atoms with Crippen LogP contribution >= 0.6 is 23.2 Å². The van der Waals surface area contributed by atoms with E-state index in [1.807, 2.05) is 12.1 Å². The van der Waals surface area contributed by atoms with E-state index in [1.165, 1.54) is 0 Å². The number of carbonyl (C=O) groups excluding carboxylic acids is 2. The first-order valence-corrected chi connectivity index (χ1v) is 7.87. The van der Waals surface area contributed by atoms with Crippen LogP contribution in [0.3, 0.4) is 0 Å². The van der Waals surface area contributed by atoms with E-state index in [1.54, 1.807) is 37.4 Å². The third-order valence-electron chi connectivity index (χ3n) is 3.12. The number of methoxy groups -OCH3 is 1. The molecule has 0 unspecified atom stereocenters. The fourth-order valence-corrected chi connectivity index (χ4v) is 2.51. The van der Waals surface area contributed by atoms with Gasteiger partial charge in [-0.25, -0.2) is 0 Å². The lowest BCUT2D eigenvalue weighted by Gasteiger charge is -2.08. The highest BCUT2D eigenvalue weighted by Gasteiger charge is 2.10. The minimum Gasteiger partial charge on any atom is -0.497 e. The lowest BCUT2D eigenvalue weighted by atomic mass is 10.2. The van der Waals surface area contributed by atoms with Gasteiger partial charge in [-0.3, -0.25) is 9.59 Å². The first kappa shape index (κ1) is 18.1. The molecule has 5 nitrogen and oxygen atoms in total. The molecule has 0 aliphatic carbocycles. The molecule has 2 aromatic carbocycles. The summed E-state index contributed by atoms with van der Waals surface area (Å²) in [5.41, 5.74) is 1.35. The molecule has 0 heterocycles. The predicted octanol–water partition coefficient (Wildman–Crippen LogP) is 3.65. The van der Waals surface area contributed by atoms with E-state index in [9.17, 15) is 9.59 Å². The molecule has 0 radical (unpaired) electrons. The number of hydrogen-bond donors (Lipinski definition) is 2. The second kappa shape index (κ2) is 8.57. The first-order chi connectivity index (χ1) is 11.5. The SMILES string of the molecule is COc1ccc(CNC(=O)CC(=O)Nc2cc(Cl)cc(Cl)c2)cc1. The summed E-state index contributed by atoms with van der Waals surface area (Å²) in [6, 6.07) is 12.0. The maximum Gasteiger partial charge on any atom is 0.233 e. The molecule has 0 aromatic heterocycles. The number of rotatable bonds is 6. The fourth-order valence-electron chi connectivity index (χ4n) is 1.98. The predicted molar refractivity (Wildman–Crippen MR) is 94.5 cm³/mol. The third kappa shape index (κ3) is 5.76. The summed E-state index contributed by atoms with van der Waals surface area (Å²) in [5, 5.41) is 6.07. The number of carbonyl (C=O) groups is 2. The number of nitrogens with one attached hydrogen (secondary N) is 2. The fraction of sp³-hybridized carbons (Fsp3) is 0.176. The molecule has 0 saturated carbocycles. The first-order valence-electron chi connectivity index (χ1n) is 7.12. The molecule has 24 heavy (non-hydrogen) atoms. The van der Waals surface area contributed by atoms with Crippen molar-refractivity contribution < 1.29 is 14.3 Å². The lowest BCUT2D eigenvalue weighted by Crippen LogP contribution is -2.27. The van der Waals surface area contributed by atoms with Crippen LogP contribution in [0.4, 0.5) is 5.69 Å². The van der Waals surface area contributed by atoms with Crippen molar-refractivity contribution in [3.63, 3.8) is 0 Å². The van der Waals surface area contributed by atoms with Crippen molar-refractivity contribution in [3.8, 4) is 5.75 Å². The van der Waals surface area contributed by atoms with Gasteiger partial charge < -0.3 is 15.4 Å². The Labute approximate surface area is 149 Å². The van der Waals surface area contributed by atoms with E-state index in [0.717, 1.165) is 11.3 Å².